The Kier molecular flexibility index (Phi) is 9.77. The van der Waals surface area contributed by atoms with Gasteiger partial charge in [-0.2, -0.15) is 0 Å². The number of nitrogens with one attached hydrogen (secondary N) is 2. The van der Waals surface area contributed by atoms with Gasteiger partial charge in [0.2, 0.25) is 5.91 Å². The van der Waals surface area contributed by atoms with E-state index < -0.39 is 12.0 Å². The van der Waals surface area contributed by atoms with E-state index in [0.717, 1.165) is 94.0 Å². The molecule has 9 heteroatoms. The quantitative estimate of drug-likeness (QED) is 0.398. The third kappa shape index (κ3) is 7.98. The predicted molar refractivity (Wildman–Crippen MR) is 160 cm³/mol. The molecule has 4 heterocycles. The van der Waals surface area contributed by atoms with E-state index in [1.165, 1.54) is 5.56 Å². The lowest BCUT2D eigenvalue weighted by Gasteiger charge is -2.37. The van der Waals surface area contributed by atoms with Crippen LogP contribution in [0.1, 0.15) is 68.8 Å². The van der Waals surface area contributed by atoms with E-state index in [4.69, 9.17) is 9.72 Å². The fourth-order valence-corrected chi connectivity index (χ4v) is 6.51. The number of pyridine rings is 1. The summed E-state index contributed by atoms with van der Waals surface area (Å²) in [5.74, 6) is -0.0813. The van der Waals surface area contributed by atoms with E-state index in [-0.39, 0.29) is 30.5 Å². The molecule has 0 aliphatic carbocycles. The molecule has 2 saturated heterocycles. The van der Waals surface area contributed by atoms with E-state index in [9.17, 15) is 14.7 Å². The molecule has 4 atom stereocenters. The molecule has 0 radical (unpaired) electrons. The molecule has 222 valence electrons. The summed E-state index contributed by atoms with van der Waals surface area (Å²) >= 11 is 0. The Hall–Kier alpha value is -3.17. The maximum absolute atomic E-state index is 13.4. The van der Waals surface area contributed by atoms with Gasteiger partial charge in [0.15, 0.2) is 0 Å². The standard InChI is InChI=1S/C32H45N5O4/c1-22-19-37(20-23(2)41-22)28-11-3-7-25(17-28)29(18-30(38)39)35-32(40)26-9-5-15-36(21-26)16-6-10-27-13-12-24-8-4-14-33-31(24)34-27/h3,7,11-13,17,22-23,26,29H,4-6,8-10,14-16,18-21H2,1-2H3,(H,33,34)(H,35,40)(H,38,39)/t22-,23-,26-,29?/m1/s1. The van der Waals surface area contributed by atoms with Crippen LogP contribution in [0.5, 0.6) is 0 Å². The number of carboxylic acids is 1. The van der Waals surface area contributed by atoms with E-state index >= 15 is 0 Å². The number of piperidine rings is 1. The van der Waals surface area contributed by atoms with Gasteiger partial charge in [0.25, 0.3) is 0 Å². The number of fused-ring (bicyclic) bond motifs is 1. The van der Waals surface area contributed by atoms with Gasteiger partial charge >= 0.3 is 5.97 Å². The molecule has 0 spiro atoms. The Labute approximate surface area is 243 Å². The molecule has 2 fully saturated rings. The number of ether oxygens (including phenoxy) is 1. The van der Waals surface area contributed by atoms with E-state index in [0.29, 0.717) is 6.54 Å². The molecule has 41 heavy (non-hydrogen) atoms. The smallest absolute Gasteiger partial charge is 0.305 e. The highest BCUT2D eigenvalue weighted by Crippen LogP contribution is 2.27. The monoisotopic (exact) mass is 563 g/mol. The molecule has 5 rings (SSSR count). The Morgan fingerprint density at radius 1 is 1.15 bits per heavy atom. The van der Waals surface area contributed by atoms with Gasteiger partial charge in [0.05, 0.1) is 30.6 Å². The van der Waals surface area contributed by atoms with Crippen molar-refractivity contribution >= 4 is 23.4 Å². The molecule has 3 aliphatic heterocycles. The molecule has 1 unspecified atom stereocenters. The highest BCUT2D eigenvalue weighted by atomic mass is 16.5. The zero-order chi connectivity index (χ0) is 28.8. The number of rotatable bonds is 10. The zero-order valence-electron chi connectivity index (χ0n) is 24.5. The van der Waals surface area contributed by atoms with Crippen molar-refractivity contribution in [1.29, 1.82) is 0 Å². The van der Waals surface area contributed by atoms with E-state index in [2.05, 4.69) is 46.4 Å². The van der Waals surface area contributed by atoms with Crippen molar-refractivity contribution in [3.05, 3.63) is 53.2 Å². The Morgan fingerprint density at radius 3 is 2.78 bits per heavy atom. The van der Waals surface area contributed by atoms with Gasteiger partial charge in [-0.1, -0.05) is 18.2 Å². The first-order valence-electron chi connectivity index (χ1n) is 15.3. The van der Waals surface area contributed by atoms with Crippen molar-refractivity contribution < 1.29 is 19.4 Å². The SMILES string of the molecule is C[C@@H]1CN(c2cccc(C(CC(=O)O)NC(=O)[C@@H]3CCCN(CCCc4ccc5c(n4)NCCC5)C3)c2)C[C@@H](C)O1. The number of carboxylic acid groups (broad SMARTS) is 1. The molecule has 0 saturated carbocycles. The van der Waals surface area contributed by atoms with Crippen molar-refractivity contribution in [2.75, 3.05) is 49.5 Å². The minimum absolute atomic E-state index is 0.0533. The summed E-state index contributed by atoms with van der Waals surface area (Å²) in [4.78, 5) is 34.7. The van der Waals surface area contributed by atoms with Gasteiger partial charge < -0.3 is 30.3 Å². The largest absolute Gasteiger partial charge is 0.481 e. The molecular weight excluding hydrogens is 518 g/mol. The lowest BCUT2D eigenvalue weighted by atomic mass is 9.95. The maximum atomic E-state index is 13.4. The molecule has 3 N–H and O–H groups in total. The average Bonchev–Trinajstić information content (AvgIpc) is 2.96. The maximum Gasteiger partial charge on any atom is 0.305 e. The predicted octanol–water partition coefficient (Wildman–Crippen LogP) is 4.03. The summed E-state index contributed by atoms with van der Waals surface area (Å²) in [6.45, 7) is 9.29. The van der Waals surface area contributed by atoms with Crippen molar-refractivity contribution in [3.63, 3.8) is 0 Å². The Balaban J connectivity index is 1.17. The number of anilines is 2. The van der Waals surface area contributed by atoms with Gasteiger partial charge in [0.1, 0.15) is 5.82 Å². The van der Waals surface area contributed by atoms with Gasteiger partial charge in [-0.3, -0.25) is 9.59 Å². The highest BCUT2D eigenvalue weighted by Gasteiger charge is 2.29. The topological polar surface area (TPSA) is 107 Å². The summed E-state index contributed by atoms with van der Waals surface area (Å²) < 4.78 is 5.88. The molecule has 1 aromatic heterocycles. The second kappa shape index (κ2) is 13.7. The number of carbonyl (C=O) groups excluding carboxylic acids is 1. The van der Waals surface area contributed by atoms with Gasteiger partial charge in [-0.15, -0.1) is 0 Å². The minimum atomic E-state index is -0.925. The number of amides is 1. The summed E-state index contributed by atoms with van der Waals surface area (Å²) in [7, 11) is 0. The molecular formula is C32H45N5O4. The van der Waals surface area contributed by atoms with Crippen LogP contribution in [0.4, 0.5) is 11.5 Å². The third-order valence-electron chi connectivity index (χ3n) is 8.49. The van der Waals surface area contributed by atoms with Crippen LogP contribution < -0.4 is 15.5 Å². The van der Waals surface area contributed by atoms with Crippen LogP contribution in [0.25, 0.3) is 0 Å². The first-order valence-corrected chi connectivity index (χ1v) is 15.3. The number of aryl methyl sites for hydroxylation is 2. The second-order valence-corrected chi connectivity index (χ2v) is 12.0. The van der Waals surface area contributed by atoms with Crippen LogP contribution in [0, 0.1) is 5.92 Å². The molecule has 2 aromatic rings. The van der Waals surface area contributed by atoms with Crippen LogP contribution in [0.15, 0.2) is 36.4 Å². The van der Waals surface area contributed by atoms with E-state index in [1.54, 1.807) is 0 Å². The van der Waals surface area contributed by atoms with Crippen molar-refractivity contribution in [2.24, 2.45) is 5.92 Å². The van der Waals surface area contributed by atoms with Crippen molar-refractivity contribution in [1.82, 2.24) is 15.2 Å². The summed E-state index contributed by atoms with van der Waals surface area (Å²) in [5, 5.41) is 16.2. The minimum Gasteiger partial charge on any atom is -0.481 e. The lowest BCUT2D eigenvalue weighted by Crippen LogP contribution is -2.45. The zero-order valence-corrected chi connectivity index (χ0v) is 24.5. The Bertz CT molecular complexity index is 1200. The van der Waals surface area contributed by atoms with Gasteiger partial charge in [0, 0.05) is 37.6 Å². The summed E-state index contributed by atoms with van der Waals surface area (Å²) in [5.41, 5.74) is 4.28. The van der Waals surface area contributed by atoms with Crippen LogP contribution >= 0.6 is 0 Å². The number of aliphatic carboxylic acids is 1. The van der Waals surface area contributed by atoms with Crippen LogP contribution in [0.3, 0.4) is 0 Å². The van der Waals surface area contributed by atoms with Crippen molar-refractivity contribution in [2.45, 2.75) is 77.0 Å². The number of nitrogens with zero attached hydrogens (tertiary/aromatic N) is 3. The van der Waals surface area contributed by atoms with Crippen LogP contribution in [-0.2, 0) is 27.2 Å². The lowest BCUT2D eigenvalue weighted by molar-refractivity contribution is -0.138. The van der Waals surface area contributed by atoms with E-state index in [1.807, 2.05) is 24.3 Å². The first kappa shape index (κ1) is 29.3. The van der Waals surface area contributed by atoms with Crippen molar-refractivity contribution in [3.8, 4) is 0 Å². The van der Waals surface area contributed by atoms with Gasteiger partial charge in [-0.25, -0.2) is 4.98 Å². The molecule has 1 amide bonds. The summed E-state index contributed by atoms with van der Waals surface area (Å²) in [6, 6.07) is 11.7. The second-order valence-electron chi connectivity index (χ2n) is 12.0. The highest BCUT2D eigenvalue weighted by molar-refractivity contribution is 5.80. The molecule has 3 aliphatic rings. The molecule has 9 nitrogen and oxygen atoms in total. The van der Waals surface area contributed by atoms with Crippen LogP contribution in [0.2, 0.25) is 0 Å². The number of hydrogen-bond acceptors (Lipinski definition) is 7. The summed E-state index contributed by atoms with van der Waals surface area (Å²) in [6.07, 6.45) is 6.05. The number of hydrogen-bond donors (Lipinski definition) is 3. The number of morpholine rings is 1. The normalized spacial score (nSPS) is 23.8. The van der Waals surface area contributed by atoms with Crippen LogP contribution in [-0.4, -0.2) is 78.3 Å². The third-order valence-corrected chi connectivity index (χ3v) is 8.49. The molecule has 1 aromatic carbocycles. The molecule has 0 bridgehead atoms. The number of benzene rings is 1. The Morgan fingerprint density at radius 2 is 1.98 bits per heavy atom. The average molecular weight is 564 g/mol. The van der Waals surface area contributed by atoms with Gasteiger partial charge in [-0.05, 0) is 94.8 Å². The number of carbonyl (C=O) groups is 2. The first-order chi connectivity index (χ1) is 19.8. The fraction of sp³-hybridized carbons (Fsp3) is 0.594. The fourth-order valence-electron chi connectivity index (χ4n) is 6.51. The number of likely N-dealkylation sites (tertiary alicyclic amines) is 1. The number of aromatic nitrogens is 1.